The van der Waals surface area contributed by atoms with Gasteiger partial charge in [0.15, 0.2) is 0 Å². The number of fused-ring (bicyclic) bond motifs is 1. The first-order chi connectivity index (χ1) is 9.69. The van der Waals surface area contributed by atoms with Crippen molar-refractivity contribution in [3.05, 3.63) is 22.9 Å². The predicted octanol–water partition coefficient (Wildman–Crippen LogP) is 0.778. The Kier molecular flexibility index (Phi) is 4.53. The lowest BCUT2D eigenvalue weighted by Crippen LogP contribution is -2.34. The number of esters is 1. The van der Waals surface area contributed by atoms with Crippen molar-refractivity contribution >= 4 is 11.8 Å². The molecule has 0 aromatic carbocycles. The second-order valence-corrected chi connectivity index (χ2v) is 4.71. The number of nitrogens with zero attached hydrogens (tertiary/aromatic N) is 2. The summed E-state index contributed by atoms with van der Waals surface area (Å²) >= 11 is 0. The number of nitrogens with one attached hydrogen (secondary N) is 1. The summed E-state index contributed by atoms with van der Waals surface area (Å²) in [7, 11) is 1.25. The van der Waals surface area contributed by atoms with Crippen molar-refractivity contribution in [3.8, 4) is 6.07 Å². The molecule has 0 amide bonds. The fourth-order valence-electron chi connectivity index (χ4n) is 2.32. The molecule has 1 unspecified atom stereocenters. The molecule has 0 radical (unpaired) electrons. The molecule has 2 N–H and O–H groups in total. The van der Waals surface area contributed by atoms with Gasteiger partial charge in [-0.05, 0) is 37.3 Å². The number of hydrogen-bond acceptors (Lipinski definition) is 6. The highest BCUT2D eigenvalue weighted by atomic mass is 16.5. The molecule has 1 heterocycles. The molecule has 0 bridgehead atoms. The van der Waals surface area contributed by atoms with Crippen LogP contribution in [-0.2, 0) is 22.4 Å². The Labute approximate surface area is 117 Å². The van der Waals surface area contributed by atoms with Crippen LogP contribution in [0.3, 0.4) is 0 Å². The van der Waals surface area contributed by atoms with Gasteiger partial charge in [0.1, 0.15) is 17.9 Å². The minimum atomic E-state index is -0.916. The van der Waals surface area contributed by atoms with Crippen molar-refractivity contribution in [1.82, 2.24) is 4.98 Å². The minimum absolute atomic E-state index is 0.331. The molecule has 6 nitrogen and oxygen atoms in total. The maximum Gasteiger partial charge on any atom is 0.330 e. The quantitative estimate of drug-likeness (QED) is 0.788. The van der Waals surface area contributed by atoms with Crippen LogP contribution < -0.4 is 5.32 Å². The molecule has 20 heavy (non-hydrogen) atoms. The lowest BCUT2D eigenvalue weighted by molar-refractivity contribution is -0.142. The molecule has 1 aliphatic rings. The third kappa shape index (κ3) is 2.89. The molecule has 1 aliphatic carbocycles. The molecule has 106 valence electrons. The molecule has 6 heteroatoms. The van der Waals surface area contributed by atoms with E-state index in [0.29, 0.717) is 11.4 Å². The summed E-state index contributed by atoms with van der Waals surface area (Å²) in [5.41, 5.74) is 2.43. The number of carbonyl (C=O) groups is 1. The van der Waals surface area contributed by atoms with E-state index in [-0.39, 0.29) is 0 Å². The second kappa shape index (κ2) is 6.35. The fraction of sp³-hybridized carbons (Fsp3) is 0.500. The smallest absolute Gasteiger partial charge is 0.330 e. The van der Waals surface area contributed by atoms with Crippen molar-refractivity contribution in [2.75, 3.05) is 19.0 Å². The maximum absolute atomic E-state index is 11.5. The molecular formula is C14H17N3O3. The van der Waals surface area contributed by atoms with Crippen molar-refractivity contribution in [1.29, 1.82) is 5.26 Å². The zero-order valence-corrected chi connectivity index (χ0v) is 11.3. The van der Waals surface area contributed by atoms with Crippen molar-refractivity contribution < 1.29 is 14.6 Å². The van der Waals surface area contributed by atoms with Gasteiger partial charge in [0, 0.05) is 5.69 Å². The molecule has 0 fully saturated rings. The lowest BCUT2D eigenvalue weighted by atomic mass is 9.95. The molecule has 1 aromatic rings. The van der Waals surface area contributed by atoms with E-state index in [0.717, 1.165) is 36.9 Å². The monoisotopic (exact) mass is 275 g/mol. The Morgan fingerprint density at radius 3 is 3.00 bits per heavy atom. The Morgan fingerprint density at radius 2 is 2.35 bits per heavy atom. The van der Waals surface area contributed by atoms with Crippen molar-refractivity contribution in [3.63, 3.8) is 0 Å². The number of aliphatic hydroxyl groups is 1. The van der Waals surface area contributed by atoms with E-state index in [2.05, 4.69) is 21.1 Å². The first-order valence-corrected chi connectivity index (χ1v) is 6.57. The van der Waals surface area contributed by atoms with Crippen molar-refractivity contribution in [2.45, 2.75) is 31.7 Å². The Bertz CT molecular complexity index is 551. The molecule has 2 rings (SSSR count). The first-order valence-electron chi connectivity index (χ1n) is 6.57. The van der Waals surface area contributed by atoms with E-state index in [9.17, 15) is 15.2 Å². The minimum Gasteiger partial charge on any atom is -0.467 e. The molecule has 0 aliphatic heterocycles. The molecule has 1 atom stereocenters. The van der Waals surface area contributed by atoms with Gasteiger partial charge in [-0.2, -0.15) is 5.26 Å². The number of ether oxygens (including phenoxy) is 1. The van der Waals surface area contributed by atoms with E-state index >= 15 is 0 Å². The van der Waals surface area contributed by atoms with Crippen LogP contribution in [0.15, 0.2) is 6.07 Å². The zero-order chi connectivity index (χ0) is 14.5. The standard InChI is InChI=1S/C14H17N3O3/c1-20-14(19)12(8-18)17-13-10(7-15)6-9-4-2-3-5-11(9)16-13/h6,12,18H,2-5,8H2,1H3,(H,16,17). The number of anilines is 1. The number of nitriles is 1. The van der Waals surface area contributed by atoms with Gasteiger partial charge < -0.3 is 15.2 Å². The topological polar surface area (TPSA) is 95.2 Å². The Morgan fingerprint density at radius 1 is 1.60 bits per heavy atom. The number of aromatic nitrogens is 1. The van der Waals surface area contributed by atoms with Gasteiger partial charge in [-0.25, -0.2) is 9.78 Å². The maximum atomic E-state index is 11.5. The molecule has 0 saturated heterocycles. The summed E-state index contributed by atoms with van der Waals surface area (Å²) in [5, 5.41) is 21.2. The van der Waals surface area contributed by atoms with Gasteiger partial charge in [0.2, 0.25) is 0 Å². The summed E-state index contributed by atoms with van der Waals surface area (Å²) in [6.45, 7) is -0.420. The summed E-state index contributed by atoms with van der Waals surface area (Å²) in [6, 6.07) is 2.97. The average Bonchev–Trinajstić information content (AvgIpc) is 2.50. The number of aryl methyl sites for hydroxylation is 2. The van der Waals surface area contributed by atoms with E-state index < -0.39 is 18.6 Å². The predicted molar refractivity (Wildman–Crippen MR) is 72.1 cm³/mol. The van der Waals surface area contributed by atoms with E-state index in [4.69, 9.17) is 0 Å². The van der Waals surface area contributed by atoms with E-state index in [1.165, 1.54) is 7.11 Å². The fourth-order valence-corrected chi connectivity index (χ4v) is 2.32. The third-order valence-electron chi connectivity index (χ3n) is 3.40. The van der Waals surface area contributed by atoms with Gasteiger partial charge in [-0.1, -0.05) is 0 Å². The molecular weight excluding hydrogens is 258 g/mol. The van der Waals surface area contributed by atoms with Gasteiger partial charge in [0.25, 0.3) is 0 Å². The number of pyridine rings is 1. The summed E-state index contributed by atoms with van der Waals surface area (Å²) in [5.74, 6) is -0.256. The van der Waals surface area contributed by atoms with Crippen molar-refractivity contribution in [2.24, 2.45) is 0 Å². The number of carbonyl (C=O) groups excluding carboxylic acids is 1. The van der Waals surface area contributed by atoms with E-state index in [1.807, 2.05) is 6.07 Å². The lowest BCUT2D eigenvalue weighted by Gasteiger charge is -2.19. The van der Waals surface area contributed by atoms with Crippen LogP contribution in [-0.4, -0.2) is 35.8 Å². The molecule has 0 spiro atoms. The number of methoxy groups -OCH3 is 1. The third-order valence-corrected chi connectivity index (χ3v) is 3.40. The summed E-state index contributed by atoms with van der Waals surface area (Å²) < 4.78 is 4.59. The normalized spacial score (nSPS) is 14.8. The van der Waals surface area contributed by atoms with Crippen LogP contribution in [0.4, 0.5) is 5.82 Å². The van der Waals surface area contributed by atoms with Crippen LogP contribution in [0.25, 0.3) is 0 Å². The van der Waals surface area contributed by atoms with Crippen LogP contribution in [0.1, 0.15) is 29.7 Å². The highest BCUT2D eigenvalue weighted by molar-refractivity contribution is 5.79. The largest absolute Gasteiger partial charge is 0.467 e. The van der Waals surface area contributed by atoms with Crippen LogP contribution in [0, 0.1) is 11.3 Å². The summed E-state index contributed by atoms with van der Waals surface area (Å²) in [6.07, 6.45) is 3.98. The highest BCUT2D eigenvalue weighted by Crippen LogP contribution is 2.24. The zero-order valence-electron chi connectivity index (χ0n) is 11.3. The number of aliphatic hydroxyl groups excluding tert-OH is 1. The van der Waals surface area contributed by atoms with Crippen LogP contribution in [0.5, 0.6) is 0 Å². The molecule has 0 saturated carbocycles. The van der Waals surface area contributed by atoms with Gasteiger partial charge >= 0.3 is 5.97 Å². The number of hydrogen-bond donors (Lipinski definition) is 2. The van der Waals surface area contributed by atoms with Gasteiger partial charge in [0.05, 0.1) is 19.3 Å². The average molecular weight is 275 g/mol. The Balaban J connectivity index is 2.31. The molecule has 1 aromatic heterocycles. The summed E-state index contributed by atoms with van der Waals surface area (Å²) in [4.78, 5) is 15.9. The van der Waals surface area contributed by atoms with Crippen LogP contribution in [0.2, 0.25) is 0 Å². The number of rotatable bonds is 4. The SMILES string of the molecule is COC(=O)C(CO)Nc1nc2c(cc1C#N)CCCC2. The first kappa shape index (κ1) is 14.3. The Hall–Kier alpha value is -2.13. The van der Waals surface area contributed by atoms with E-state index in [1.54, 1.807) is 0 Å². The van der Waals surface area contributed by atoms with Gasteiger partial charge in [-0.3, -0.25) is 0 Å². The second-order valence-electron chi connectivity index (χ2n) is 4.71. The van der Waals surface area contributed by atoms with Crippen LogP contribution >= 0.6 is 0 Å². The highest BCUT2D eigenvalue weighted by Gasteiger charge is 2.21. The van der Waals surface area contributed by atoms with Gasteiger partial charge in [-0.15, -0.1) is 0 Å².